The number of hydrogen-bond donors (Lipinski definition) is 1. The van der Waals surface area contributed by atoms with Crippen molar-refractivity contribution < 1.29 is 19.5 Å². The fourth-order valence-corrected chi connectivity index (χ4v) is 3.23. The number of pyridine rings is 1. The lowest BCUT2D eigenvalue weighted by molar-refractivity contribution is -0.144. The van der Waals surface area contributed by atoms with Gasteiger partial charge in [0.1, 0.15) is 18.3 Å². The minimum absolute atomic E-state index is 0.218. The highest BCUT2D eigenvalue weighted by atomic mass is 16.4. The lowest BCUT2D eigenvalue weighted by Crippen LogP contribution is -2.55. The van der Waals surface area contributed by atoms with Crippen LogP contribution in [0.25, 0.3) is 5.70 Å². The van der Waals surface area contributed by atoms with E-state index in [0.29, 0.717) is 11.3 Å². The molecule has 1 N–H and O–H groups in total. The van der Waals surface area contributed by atoms with Crippen LogP contribution in [0.3, 0.4) is 0 Å². The first-order valence-electron chi connectivity index (χ1n) is 8.94. The minimum Gasteiger partial charge on any atom is -0.480 e. The molecular weight excluding hydrogens is 358 g/mol. The van der Waals surface area contributed by atoms with Gasteiger partial charge in [0.15, 0.2) is 0 Å². The highest BCUT2D eigenvalue weighted by Crippen LogP contribution is 2.30. The van der Waals surface area contributed by atoms with E-state index < -0.39 is 30.4 Å². The molecule has 0 saturated heterocycles. The molecule has 7 nitrogen and oxygen atoms in total. The van der Waals surface area contributed by atoms with Crippen molar-refractivity contribution in [3.63, 3.8) is 0 Å². The van der Waals surface area contributed by atoms with Gasteiger partial charge in [-0.1, -0.05) is 50.2 Å². The van der Waals surface area contributed by atoms with Gasteiger partial charge in [0, 0.05) is 12.4 Å². The number of rotatable bonds is 5. The van der Waals surface area contributed by atoms with Crippen LogP contribution in [0, 0.1) is 5.92 Å². The molecule has 28 heavy (non-hydrogen) atoms. The van der Waals surface area contributed by atoms with Gasteiger partial charge in [-0.05, 0) is 23.6 Å². The number of benzene rings is 1. The molecule has 7 heteroatoms. The number of aromatic nitrogens is 1. The Bertz CT molecular complexity index is 910. The Balaban J connectivity index is 2.14. The van der Waals surface area contributed by atoms with Gasteiger partial charge in [0.2, 0.25) is 0 Å². The molecule has 0 fully saturated rings. The second-order valence-electron chi connectivity index (χ2n) is 6.81. The highest BCUT2D eigenvalue weighted by Gasteiger charge is 2.41. The molecule has 0 radical (unpaired) electrons. The third-order valence-electron chi connectivity index (χ3n) is 4.48. The van der Waals surface area contributed by atoms with Crippen molar-refractivity contribution >= 4 is 23.5 Å². The second kappa shape index (κ2) is 8.04. The molecule has 2 amide bonds. The Hall–Kier alpha value is -3.48. The topological polar surface area (TPSA) is 90.8 Å². The summed E-state index contributed by atoms with van der Waals surface area (Å²) in [6.45, 7) is 3.16. The number of carboxylic acids is 1. The van der Waals surface area contributed by atoms with Crippen molar-refractivity contribution in [3.05, 3.63) is 72.2 Å². The highest BCUT2D eigenvalue weighted by molar-refractivity contribution is 6.02. The predicted octanol–water partition coefficient (Wildman–Crippen LogP) is 2.47. The van der Waals surface area contributed by atoms with Crippen molar-refractivity contribution in [2.24, 2.45) is 5.92 Å². The summed E-state index contributed by atoms with van der Waals surface area (Å²) in [5, 5.41) is 9.31. The first kappa shape index (κ1) is 19.3. The van der Waals surface area contributed by atoms with E-state index in [1.165, 1.54) is 16.0 Å². The smallest absolute Gasteiger partial charge is 0.323 e. The van der Waals surface area contributed by atoms with E-state index in [0.717, 1.165) is 0 Å². The zero-order valence-electron chi connectivity index (χ0n) is 15.6. The molecule has 2 aromatic rings. The van der Waals surface area contributed by atoms with Crippen LogP contribution in [0.15, 0.2) is 60.9 Å². The molecule has 1 atom stereocenters. The second-order valence-corrected chi connectivity index (χ2v) is 6.81. The van der Waals surface area contributed by atoms with Crippen LogP contribution in [0.1, 0.15) is 29.9 Å². The van der Waals surface area contributed by atoms with Crippen LogP contribution in [-0.4, -0.2) is 50.3 Å². The van der Waals surface area contributed by atoms with E-state index in [4.69, 9.17) is 0 Å². The molecule has 0 saturated carbocycles. The predicted molar refractivity (Wildman–Crippen MR) is 103 cm³/mol. The molecule has 2 heterocycles. The van der Waals surface area contributed by atoms with Gasteiger partial charge >= 0.3 is 5.97 Å². The fourth-order valence-electron chi connectivity index (χ4n) is 3.23. The van der Waals surface area contributed by atoms with Crippen molar-refractivity contribution in [2.45, 2.75) is 19.9 Å². The Morgan fingerprint density at radius 1 is 1.11 bits per heavy atom. The van der Waals surface area contributed by atoms with Crippen molar-refractivity contribution in [3.8, 4) is 0 Å². The van der Waals surface area contributed by atoms with Crippen molar-refractivity contribution in [2.75, 3.05) is 6.54 Å². The average molecular weight is 379 g/mol. The standard InChI is InChI=1S/C21H21N3O4/c1-14(2)19-21(28)23(13-18(25)26)17(15-8-4-3-5-9-15)12-24(19)20(27)16-10-6-7-11-22-16/h3-12,14,19H,13H2,1-2H3,(H,25,26). The summed E-state index contributed by atoms with van der Waals surface area (Å²) in [6, 6.07) is 13.1. The third kappa shape index (κ3) is 3.78. The van der Waals surface area contributed by atoms with Crippen LogP contribution in [0.5, 0.6) is 0 Å². The Morgan fingerprint density at radius 3 is 2.36 bits per heavy atom. The molecule has 1 unspecified atom stereocenters. The summed E-state index contributed by atoms with van der Waals surface area (Å²) in [4.78, 5) is 44.4. The van der Waals surface area contributed by atoms with Gasteiger partial charge in [-0.25, -0.2) is 0 Å². The van der Waals surface area contributed by atoms with E-state index >= 15 is 0 Å². The minimum atomic E-state index is -1.12. The summed E-state index contributed by atoms with van der Waals surface area (Å²) in [5.41, 5.74) is 1.24. The van der Waals surface area contributed by atoms with Crippen molar-refractivity contribution in [1.82, 2.24) is 14.8 Å². The number of carbonyl (C=O) groups is 3. The molecule has 144 valence electrons. The van der Waals surface area contributed by atoms with Gasteiger partial charge < -0.3 is 5.11 Å². The van der Waals surface area contributed by atoms with Crippen LogP contribution in [-0.2, 0) is 9.59 Å². The molecule has 1 aliphatic heterocycles. The van der Waals surface area contributed by atoms with Crippen LogP contribution in [0.4, 0.5) is 0 Å². The molecule has 1 aromatic carbocycles. The molecular formula is C21H21N3O4. The van der Waals surface area contributed by atoms with Gasteiger partial charge in [0.25, 0.3) is 11.8 Å². The lowest BCUT2D eigenvalue weighted by Gasteiger charge is -2.40. The maximum atomic E-state index is 13.2. The summed E-state index contributed by atoms with van der Waals surface area (Å²) in [6.07, 6.45) is 3.07. The van der Waals surface area contributed by atoms with E-state index in [1.54, 1.807) is 48.7 Å². The Labute approximate surface area is 162 Å². The third-order valence-corrected chi connectivity index (χ3v) is 4.48. The molecule has 3 rings (SSSR count). The monoisotopic (exact) mass is 379 g/mol. The zero-order chi connectivity index (χ0) is 20.3. The fraction of sp³-hybridized carbons (Fsp3) is 0.238. The summed E-state index contributed by atoms with van der Waals surface area (Å²) in [7, 11) is 0. The van der Waals surface area contributed by atoms with Crippen LogP contribution in [0.2, 0.25) is 0 Å². The summed E-state index contributed by atoms with van der Waals surface area (Å²) >= 11 is 0. The number of hydrogen-bond acceptors (Lipinski definition) is 4. The summed E-state index contributed by atoms with van der Waals surface area (Å²) < 4.78 is 0. The van der Waals surface area contributed by atoms with Gasteiger partial charge in [-0.15, -0.1) is 0 Å². The molecule has 0 bridgehead atoms. The van der Waals surface area contributed by atoms with Crippen molar-refractivity contribution in [1.29, 1.82) is 0 Å². The molecule has 0 spiro atoms. The first-order chi connectivity index (χ1) is 13.4. The molecule has 0 aliphatic carbocycles. The zero-order valence-corrected chi connectivity index (χ0v) is 15.6. The first-order valence-corrected chi connectivity index (χ1v) is 8.94. The number of aliphatic carboxylic acids is 1. The largest absolute Gasteiger partial charge is 0.480 e. The van der Waals surface area contributed by atoms with E-state index in [2.05, 4.69) is 4.98 Å². The quantitative estimate of drug-likeness (QED) is 0.862. The molecule has 1 aliphatic rings. The van der Waals surface area contributed by atoms with E-state index in [-0.39, 0.29) is 11.6 Å². The normalized spacial score (nSPS) is 16.9. The molecule has 1 aromatic heterocycles. The average Bonchev–Trinajstić information content (AvgIpc) is 2.69. The number of carboxylic acid groups (broad SMARTS) is 1. The number of nitrogens with zero attached hydrogens (tertiary/aromatic N) is 3. The van der Waals surface area contributed by atoms with Gasteiger partial charge in [0.05, 0.1) is 5.70 Å². The summed E-state index contributed by atoms with van der Waals surface area (Å²) in [5.74, 6) is -2.17. The maximum Gasteiger partial charge on any atom is 0.323 e. The Kier molecular flexibility index (Phi) is 5.54. The number of amides is 2. The SMILES string of the molecule is CC(C)C1C(=O)N(CC(=O)O)C(c2ccccc2)=CN1C(=O)c1ccccn1. The van der Waals surface area contributed by atoms with Crippen LogP contribution < -0.4 is 0 Å². The van der Waals surface area contributed by atoms with E-state index in [1.807, 2.05) is 19.9 Å². The lowest BCUT2D eigenvalue weighted by atomic mass is 9.96. The maximum absolute atomic E-state index is 13.2. The Morgan fingerprint density at radius 2 is 1.79 bits per heavy atom. The van der Waals surface area contributed by atoms with Gasteiger partial charge in [-0.3, -0.25) is 29.2 Å². The van der Waals surface area contributed by atoms with Crippen LogP contribution >= 0.6 is 0 Å². The number of carbonyl (C=O) groups excluding carboxylic acids is 2. The van der Waals surface area contributed by atoms with E-state index in [9.17, 15) is 19.5 Å². The van der Waals surface area contributed by atoms with Gasteiger partial charge in [-0.2, -0.15) is 0 Å².